The molecule has 0 saturated carbocycles. The minimum atomic E-state index is -0.171. The van der Waals surface area contributed by atoms with Gasteiger partial charge in [-0.15, -0.1) is 23.7 Å². The lowest BCUT2D eigenvalue weighted by molar-refractivity contribution is 0.0608. The average molecular weight is 406 g/mol. The van der Waals surface area contributed by atoms with Gasteiger partial charge in [-0.3, -0.25) is 9.59 Å². The first-order valence-corrected chi connectivity index (χ1v) is 9.99. The first kappa shape index (κ1) is 19.9. The van der Waals surface area contributed by atoms with Gasteiger partial charge < -0.3 is 15.5 Å². The van der Waals surface area contributed by atoms with Gasteiger partial charge in [0.15, 0.2) is 0 Å². The minimum absolute atomic E-state index is 0. The molecule has 27 heavy (non-hydrogen) atoms. The van der Waals surface area contributed by atoms with Crippen molar-refractivity contribution >= 4 is 41.2 Å². The van der Waals surface area contributed by atoms with Gasteiger partial charge in [0.25, 0.3) is 11.8 Å². The molecule has 4 rings (SSSR count). The van der Waals surface area contributed by atoms with E-state index in [0.29, 0.717) is 21.5 Å². The highest BCUT2D eigenvalue weighted by Gasteiger charge is 2.38. The molecule has 0 radical (unpaired) electrons. The van der Waals surface area contributed by atoms with Gasteiger partial charge >= 0.3 is 0 Å². The molecule has 0 bridgehead atoms. The Bertz CT molecular complexity index is 793. The molecule has 1 spiro atoms. The van der Waals surface area contributed by atoms with Crippen molar-refractivity contribution in [2.75, 3.05) is 31.5 Å². The van der Waals surface area contributed by atoms with Gasteiger partial charge in [-0.25, -0.2) is 0 Å². The highest BCUT2D eigenvalue weighted by molar-refractivity contribution is 7.12. The number of benzene rings is 1. The second-order valence-electron chi connectivity index (χ2n) is 7.20. The van der Waals surface area contributed by atoms with E-state index in [2.05, 4.69) is 10.6 Å². The molecule has 3 heterocycles. The number of para-hydroxylation sites is 1. The normalized spacial score (nSPS) is 18.1. The molecule has 0 unspecified atom stereocenters. The largest absolute Gasteiger partial charge is 0.339 e. The quantitative estimate of drug-likeness (QED) is 0.819. The van der Waals surface area contributed by atoms with E-state index in [4.69, 9.17) is 0 Å². The van der Waals surface area contributed by atoms with Gasteiger partial charge in [-0.2, -0.15) is 0 Å². The minimum Gasteiger partial charge on any atom is -0.339 e. The molecule has 1 aromatic carbocycles. The summed E-state index contributed by atoms with van der Waals surface area (Å²) in [6.45, 7) is 3.73. The molecule has 2 fully saturated rings. The Balaban J connectivity index is 0.00000210. The fraction of sp³-hybridized carbons (Fsp3) is 0.400. The zero-order chi connectivity index (χ0) is 18.0. The van der Waals surface area contributed by atoms with Gasteiger partial charge in [-0.1, -0.05) is 18.2 Å². The number of nitrogens with one attached hydrogen (secondary N) is 2. The number of piperidine rings is 1. The van der Waals surface area contributed by atoms with Crippen LogP contribution in [0.5, 0.6) is 0 Å². The van der Waals surface area contributed by atoms with Crippen LogP contribution in [0.15, 0.2) is 41.8 Å². The van der Waals surface area contributed by atoms with E-state index in [1.54, 1.807) is 18.2 Å². The number of rotatable bonds is 3. The van der Waals surface area contributed by atoms with E-state index in [0.717, 1.165) is 39.0 Å². The molecule has 144 valence electrons. The fourth-order valence-corrected chi connectivity index (χ4v) is 4.57. The highest BCUT2D eigenvalue weighted by Crippen LogP contribution is 2.37. The second-order valence-corrected chi connectivity index (χ2v) is 8.14. The van der Waals surface area contributed by atoms with Crippen LogP contribution in [0, 0.1) is 5.41 Å². The molecule has 2 aliphatic rings. The van der Waals surface area contributed by atoms with Crippen LogP contribution in [-0.4, -0.2) is 42.9 Å². The van der Waals surface area contributed by atoms with E-state index in [9.17, 15) is 9.59 Å². The zero-order valence-corrected chi connectivity index (χ0v) is 16.7. The number of amides is 2. The van der Waals surface area contributed by atoms with E-state index in [-0.39, 0.29) is 24.2 Å². The molecule has 2 saturated heterocycles. The predicted octanol–water partition coefficient (Wildman–Crippen LogP) is 3.64. The van der Waals surface area contributed by atoms with E-state index < -0.39 is 0 Å². The van der Waals surface area contributed by atoms with E-state index in [1.807, 2.05) is 28.5 Å². The Hall–Kier alpha value is -1.89. The monoisotopic (exact) mass is 405 g/mol. The SMILES string of the molecule is Cl.O=C(Nc1ccccc1C(=O)N1CCC2(CCNC2)CC1)c1cccs1. The third-order valence-corrected chi connectivity index (χ3v) is 6.46. The highest BCUT2D eigenvalue weighted by atomic mass is 35.5. The Morgan fingerprint density at radius 3 is 2.52 bits per heavy atom. The first-order chi connectivity index (χ1) is 12.7. The maximum atomic E-state index is 13.1. The van der Waals surface area contributed by atoms with Crippen molar-refractivity contribution in [2.45, 2.75) is 19.3 Å². The molecule has 1 aromatic heterocycles. The number of halogens is 1. The predicted molar refractivity (Wildman–Crippen MR) is 111 cm³/mol. The van der Waals surface area contributed by atoms with Gasteiger partial charge in [0, 0.05) is 19.6 Å². The van der Waals surface area contributed by atoms with Crippen molar-refractivity contribution in [2.24, 2.45) is 5.41 Å². The van der Waals surface area contributed by atoms with E-state index in [1.165, 1.54) is 17.8 Å². The first-order valence-electron chi connectivity index (χ1n) is 9.11. The molecule has 2 aromatic rings. The molecule has 0 aliphatic carbocycles. The van der Waals surface area contributed by atoms with Crippen LogP contribution >= 0.6 is 23.7 Å². The number of hydrogen-bond donors (Lipinski definition) is 2. The Morgan fingerprint density at radius 2 is 1.85 bits per heavy atom. The summed E-state index contributed by atoms with van der Waals surface area (Å²) in [5.41, 5.74) is 1.53. The van der Waals surface area contributed by atoms with Gasteiger partial charge in [-0.05, 0) is 54.8 Å². The summed E-state index contributed by atoms with van der Waals surface area (Å²) in [7, 11) is 0. The molecule has 0 atom stereocenters. The molecule has 2 aliphatic heterocycles. The Kier molecular flexibility index (Phi) is 6.19. The smallest absolute Gasteiger partial charge is 0.265 e. The zero-order valence-electron chi connectivity index (χ0n) is 15.1. The van der Waals surface area contributed by atoms with Crippen LogP contribution in [0.1, 0.15) is 39.3 Å². The Morgan fingerprint density at radius 1 is 1.07 bits per heavy atom. The van der Waals surface area contributed by atoms with Crippen molar-refractivity contribution < 1.29 is 9.59 Å². The van der Waals surface area contributed by atoms with Gasteiger partial charge in [0.05, 0.1) is 16.1 Å². The number of carbonyl (C=O) groups excluding carboxylic acids is 2. The molecule has 2 amide bonds. The lowest BCUT2D eigenvalue weighted by atomic mass is 9.78. The summed E-state index contributed by atoms with van der Waals surface area (Å²) >= 11 is 1.39. The average Bonchev–Trinajstić information content (AvgIpc) is 3.35. The topological polar surface area (TPSA) is 61.4 Å². The molecule has 2 N–H and O–H groups in total. The van der Waals surface area contributed by atoms with Gasteiger partial charge in [0.2, 0.25) is 0 Å². The number of anilines is 1. The summed E-state index contributed by atoms with van der Waals surface area (Å²) in [6, 6.07) is 10.9. The van der Waals surface area contributed by atoms with Crippen LogP contribution in [0.25, 0.3) is 0 Å². The summed E-state index contributed by atoms with van der Waals surface area (Å²) in [5.74, 6) is -0.164. The van der Waals surface area contributed by atoms with Crippen LogP contribution in [0.4, 0.5) is 5.69 Å². The molecule has 5 nitrogen and oxygen atoms in total. The van der Waals surface area contributed by atoms with Crippen LogP contribution in [0.2, 0.25) is 0 Å². The van der Waals surface area contributed by atoms with Crippen molar-refractivity contribution in [3.05, 3.63) is 52.2 Å². The number of carbonyl (C=O) groups is 2. The number of hydrogen-bond acceptors (Lipinski definition) is 4. The summed E-state index contributed by atoms with van der Waals surface area (Å²) in [4.78, 5) is 28.0. The van der Waals surface area contributed by atoms with Crippen molar-refractivity contribution in [3.63, 3.8) is 0 Å². The van der Waals surface area contributed by atoms with Crippen molar-refractivity contribution in [1.29, 1.82) is 0 Å². The molecular weight excluding hydrogens is 382 g/mol. The number of nitrogens with zero attached hydrogens (tertiary/aromatic N) is 1. The van der Waals surface area contributed by atoms with Crippen molar-refractivity contribution in [1.82, 2.24) is 10.2 Å². The summed E-state index contributed by atoms with van der Waals surface area (Å²) in [5, 5.41) is 8.22. The number of likely N-dealkylation sites (tertiary alicyclic amines) is 1. The number of thiophene rings is 1. The van der Waals surface area contributed by atoms with Gasteiger partial charge in [0.1, 0.15) is 0 Å². The van der Waals surface area contributed by atoms with Crippen molar-refractivity contribution in [3.8, 4) is 0 Å². The fourth-order valence-electron chi connectivity index (χ4n) is 3.95. The molecular formula is C20H24ClN3O2S. The maximum absolute atomic E-state index is 13.1. The van der Waals surface area contributed by atoms with Crippen LogP contribution in [0.3, 0.4) is 0 Å². The molecule has 7 heteroatoms. The Labute approximate surface area is 169 Å². The third kappa shape index (κ3) is 4.18. The maximum Gasteiger partial charge on any atom is 0.265 e. The summed E-state index contributed by atoms with van der Waals surface area (Å²) in [6.07, 6.45) is 3.31. The van der Waals surface area contributed by atoms with Crippen LogP contribution < -0.4 is 10.6 Å². The summed E-state index contributed by atoms with van der Waals surface area (Å²) < 4.78 is 0. The standard InChI is InChI=1S/C20H23N3O2S.ClH/c24-18(17-6-3-13-26-17)22-16-5-2-1-4-15(16)19(25)23-11-8-20(9-12-23)7-10-21-14-20;/h1-6,13,21H,7-12,14H2,(H,22,24);1H. The lowest BCUT2D eigenvalue weighted by Crippen LogP contribution is -2.44. The van der Waals surface area contributed by atoms with E-state index >= 15 is 0 Å². The third-order valence-electron chi connectivity index (χ3n) is 5.59. The second kappa shape index (κ2) is 8.42. The van der Waals surface area contributed by atoms with Crippen LogP contribution in [-0.2, 0) is 0 Å². The lowest BCUT2D eigenvalue weighted by Gasteiger charge is -2.39.